The molecule has 0 radical (unpaired) electrons. The Balaban J connectivity index is 1.93. The summed E-state index contributed by atoms with van der Waals surface area (Å²) >= 11 is 0. The van der Waals surface area contributed by atoms with Crippen molar-refractivity contribution in [3.8, 4) is 23.1 Å². The van der Waals surface area contributed by atoms with Gasteiger partial charge in [-0.1, -0.05) is 13.8 Å². The zero-order chi connectivity index (χ0) is 21.0. The van der Waals surface area contributed by atoms with Crippen molar-refractivity contribution in [1.82, 2.24) is 9.97 Å². The minimum absolute atomic E-state index is 0.0631. The molecule has 7 nitrogen and oxygen atoms in total. The van der Waals surface area contributed by atoms with Gasteiger partial charge in [0.1, 0.15) is 17.2 Å². The Morgan fingerprint density at radius 1 is 0.931 bits per heavy atom. The van der Waals surface area contributed by atoms with Crippen LogP contribution in [0.2, 0.25) is 0 Å². The Morgan fingerprint density at radius 3 is 2.14 bits per heavy atom. The second-order valence-electron chi connectivity index (χ2n) is 6.70. The molecule has 3 rings (SSSR count). The summed E-state index contributed by atoms with van der Waals surface area (Å²) in [6, 6.07) is 10.9. The maximum absolute atomic E-state index is 12.5. The Morgan fingerprint density at radius 2 is 1.59 bits per heavy atom. The number of nitrogens with zero attached hydrogens (tertiary/aromatic N) is 2. The van der Waals surface area contributed by atoms with Crippen LogP contribution in [0.4, 0.5) is 0 Å². The van der Waals surface area contributed by atoms with E-state index in [0.717, 1.165) is 6.26 Å². The highest BCUT2D eigenvalue weighted by molar-refractivity contribution is 7.90. The van der Waals surface area contributed by atoms with Crippen LogP contribution in [0.3, 0.4) is 0 Å². The predicted octanol–water partition coefficient (Wildman–Crippen LogP) is 4.30. The van der Waals surface area contributed by atoms with E-state index in [1.54, 1.807) is 30.3 Å². The van der Waals surface area contributed by atoms with Crippen molar-refractivity contribution in [2.75, 3.05) is 6.26 Å². The Labute approximate surface area is 169 Å². The van der Waals surface area contributed by atoms with E-state index < -0.39 is 9.84 Å². The van der Waals surface area contributed by atoms with Crippen molar-refractivity contribution in [2.24, 2.45) is 5.92 Å². The molecule has 0 aliphatic rings. The molecule has 2 aromatic carbocycles. The lowest BCUT2D eigenvalue weighted by Crippen LogP contribution is -2.07. The van der Waals surface area contributed by atoms with E-state index in [4.69, 9.17) is 9.47 Å². The molecule has 3 aromatic rings. The zero-order valence-electron chi connectivity index (χ0n) is 16.2. The van der Waals surface area contributed by atoms with E-state index in [0.29, 0.717) is 22.8 Å². The largest absolute Gasteiger partial charge is 0.457 e. The predicted molar refractivity (Wildman–Crippen MR) is 107 cm³/mol. The SMILES string of the molecule is CC(C)C(=O)c1cc(Oc2ccc(S(C)(=O)=O)cc2)cc(Oc2cnccn2)c1. The number of sulfone groups is 1. The molecule has 8 heteroatoms. The number of ketones is 1. The molecule has 0 aliphatic heterocycles. The number of Topliss-reactive ketones (excluding diaryl/α,β-unsaturated/α-hetero) is 1. The third-order valence-corrected chi connectivity index (χ3v) is 5.07. The van der Waals surface area contributed by atoms with E-state index in [1.807, 2.05) is 13.8 Å². The van der Waals surface area contributed by atoms with Crippen molar-refractivity contribution in [3.63, 3.8) is 0 Å². The summed E-state index contributed by atoms with van der Waals surface area (Å²) in [4.78, 5) is 20.7. The van der Waals surface area contributed by atoms with Crippen molar-refractivity contribution < 1.29 is 22.7 Å². The first-order valence-corrected chi connectivity index (χ1v) is 10.7. The smallest absolute Gasteiger partial charge is 0.237 e. The summed E-state index contributed by atoms with van der Waals surface area (Å²) in [5.74, 6) is 1.19. The number of carbonyl (C=O) groups excluding carboxylic acids is 1. The minimum atomic E-state index is -3.29. The second kappa shape index (κ2) is 8.40. The molecule has 0 N–H and O–H groups in total. The van der Waals surface area contributed by atoms with Crippen LogP contribution in [-0.2, 0) is 9.84 Å². The lowest BCUT2D eigenvalue weighted by Gasteiger charge is -2.12. The summed E-state index contributed by atoms with van der Waals surface area (Å²) in [6.45, 7) is 3.62. The number of hydrogen-bond donors (Lipinski definition) is 0. The van der Waals surface area contributed by atoms with Crippen molar-refractivity contribution in [3.05, 3.63) is 66.6 Å². The van der Waals surface area contributed by atoms with Gasteiger partial charge in [0.25, 0.3) is 0 Å². The van der Waals surface area contributed by atoms with Gasteiger partial charge < -0.3 is 9.47 Å². The average Bonchev–Trinajstić information content (AvgIpc) is 2.67. The molecule has 0 amide bonds. The van der Waals surface area contributed by atoms with E-state index in [1.165, 1.54) is 30.7 Å². The summed E-state index contributed by atoms with van der Waals surface area (Å²) in [5.41, 5.74) is 0.434. The van der Waals surface area contributed by atoms with Gasteiger partial charge in [-0.3, -0.25) is 9.78 Å². The normalized spacial score (nSPS) is 11.3. The number of hydrogen-bond acceptors (Lipinski definition) is 7. The molecule has 150 valence electrons. The molecular weight excluding hydrogens is 392 g/mol. The van der Waals surface area contributed by atoms with Crippen LogP contribution in [0.5, 0.6) is 23.1 Å². The quantitative estimate of drug-likeness (QED) is 0.534. The van der Waals surface area contributed by atoms with E-state index in [-0.39, 0.29) is 22.5 Å². The highest BCUT2D eigenvalue weighted by atomic mass is 32.2. The molecule has 0 saturated carbocycles. The lowest BCUT2D eigenvalue weighted by atomic mass is 10.0. The van der Waals surface area contributed by atoms with Crippen molar-refractivity contribution >= 4 is 15.6 Å². The van der Waals surface area contributed by atoms with Gasteiger partial charge in [-0.15, -0.1) is 0 Å². The standard InChI is InChI=1S/C21H20N2O5S/c1-14(2)21(24)15-10-17(12-18(11-15)28-20-13-22-8-9-23-20)27-16-4-6-19(7-5-16)29(3,25)26/h4-14H,1-3H3. The first-order chi connectivity index (χ1) is 13.7. The first-order valence-electron chi connectivity index (χ1n) is 8.83. The fourth-order valence-corrected chi connectivity index (χ4v) is 3.15. The van der Waals surface area contributed by atoms with Crippen LogP contribution in [0.15, 0.2) is 66.0 Å². The van der Waals surface area contributed by atoms with Crippen molar-refractivity contribution in [1.29, 1.82) is 0 Å². The average molecular weight is 412 g/mol. The van der Waals surface area contributed by atoms with Gasteiger partial charge in [0.2, 0.25) is 5.88 Å². The van der Waals surface area contributed by atoms with E-state index >= 15 is 0 Å². The Bertz CT molecular complexity index is 1110. The highest BCUT2D eigenvalue weighted by Gasteiger charge is 2.15. The molecule has 0 atom stereocenters. The number of aromatic nitrogens is 2. The van der Waals surface area contributed by atoms with E-state index in [9.17, 15) is 13.2 Å². The summed E-state index contributed by atoms with van der Waals surface area (Å²) in [6.07, 6.45) is 5.63. The monoisotopic (exact) mass is 412 g/mol. The Hall–Kier alpha value is -3.26. The van der Waals surface area contributed by atoms with Crippen LogP contribution in [0.1, 0.15) is 24.2 Å². The van der Waals surface area contributed by atoms with Crippen molar-refractivity contribution in [2.45, 2.75) is 18.7 Å². The molecule has 0 unspecified atom stereocenters. The van der Waals surface area contributed by atoms with Crippen LogP contribution < -0.4 is 9.47 Å². The molecular formula is C21H20N2O5S. The summed E-state index contributed by atoms with van der Waals surface area (Å²) < 4.78 is 34.7. The molecule has 0 spiro atoms. The van der Waals surface area contributed by atoms with E-state index in [2.05, 4.69) is 9.97 Å². The molecule has 0 fully saturated rings. The molecule has 29 heavy (non-hydrogen) atoms. The fourth-order valence-electron chi connectivity index (χ4n) is 2.52. The van der Waals surface area contributed by atoms with Gasteiger partial charge in [0.15, 0.2) is 15.6 Å². The van der Waals surface area contributed by atoms with Crippen LogP contribution in [0, 0.1) is 5.92 Å². The van der Waals surface area contributed by atoms with Crippen LogP contribution in [0.25, 0.3) is 0 Å². The minimum Gasteiger partial charge on any atom is -0.457 e. The number of carbonyl (C=O) groups is 1. The maximum atomic E-state index is 12.5. The maximum Gasteiger partial charge on any atom is 0.237 e. The molecule has 0 saturated heterocycles. The second-order valence-corrected chi connectivity index (χ2v) is 8.72. The Kier molecular flexibility index (Phi) is 5.93. The number of ether oxygens (including phenoxy) is 2. The third-order valence-electron chi connectivity index (χ3n) is 3.94. The summed E-state index contributed by atoms with van der Waals surface area (Å²) in [5, 5.41) is 0. The fraction of sp³-hybridized carbons (Fsp3) is 0.190. The molecule has 0 bridgehead atoms. The van der Waals surface area contributed by atoms with Crippen LogP contribution in [-0.4, -0.2) is 30.4 Å². The summed E-state index contributed by atoms with van der Waals surface area (Å²) in [7, 11) is -3.29. The topological polar surface area (TPSA) is 95.5 Å². The third kappa shape index (κ3) is 5.39. The van der Waals surface area contributed by atoms with Gasteiger partial charge in [0, 0.05) is 36.2 Å². The lowest BCUT2D eigenvalue weighted by molar-refractivity contribution is 0.0938. The molecule has 0 aliphatic carbocycles. The van der Waals surface area contributed by atoms with Gasteiger partial charge in [0.05, 0.1) is 11.1 Å². The molecule has 1 heterocycles. The van der Waals surface area contributed by atoms with Gasteiger partial charge in [-0.25, -0.2) is 13.4 Å². The first kappa shape index (κ1) is 20.5. The van der Waals surface area contributed by atoms with Gasteiger partial charge in [-0.2, -0.15) is 0 Å². The number of rotatable bonds is 7. The molecule has 1 aromatic heterocycles. The zero-order valence-corrected chi connectivity index (χ0v) is 17.0. The highest BCUT2D eigenvalue weighted by Crippen LogP contribution is 2.31. The van der Waals surface area contributed by atoms with Gasteiger partial charge in [-0.05, 0) is 36.4 Å². The number of benzene rings is 2. The van der Waals surface area contributed by atoms with Gasteiger partial charge >= 0.3 is 0 Å². The van der Waals surface area contributed by atoms with Crippen LogP contribution >= 0.6 is 0 Å².